The summed E-state index contributed by atoms with van der Waals surface area (Å²) in [6.45, 7) is -2.71. The highest BCUT2D eigenvalue weighted by atomic mass is 79.9. The number of amides is 1. The zero-order valence-electron chi connectivity index (χ0n) is 14.0. The standard InChI is InChI=1S/C18H18BrF2NO4/c1-24-15-7-2-12(10-16(15)26-18(20)21)8-9-22-17(23)11-25-14-5-3-13(19)4-6-14/h2-7,10,18H,8-9,11H2,1H3,(H,22,23). The third-order valence-corrected chi connectivity index (χ3v) is 3.89. The SMILES string of the molecule is COc1ccc(CCNC(=O)COc2ccc(Br)cc2)cc1OC(F)F. The summed E-state index contributed by atoms with van der Waals surface area (Å²) in [6, 6.07) is 11.9. The first-order valence-electron chi connectivity index (χ1n) is 7.74. The molecule has 0 saturated heterocycles. The first-order chi connectivity index (χ1) is 12.5. The highest BCUT2D eigenvalue weighted by Gasteiger charge is 2.11. The van der Waals surface area contributed by atoms with Gasteiger partial charge in [-0.2, -0.15) is 8.78 Å². The molecule has 0 aromatic heterocycles. The second-order valence-corrected chi connectivity index (χ2v) is 6.12. The second kappa shape index (κ2) is 9.96. The van der Waals surface area contributed by atoms with Crippen LogP contribution in [0.15, 0.2) is 46.9 Å². The van der Waals surface area contributed by atoms with Gasteiger partial charge in [0.1, 0.15) is 5.75 Å². The summed E-state index contributed by atoms with van der Waals surface area (Å²) in [5.41, 5.74) is 0.732. The maximum atomic E-state index is 12.4. The van der Waals surface area contributed by atoms with Crippen molar-refractivity contribution in [1.29, 1.82) is 0 Å². The molecule has 0 aliphatic heterocycles. The molecule has 26 heavy (non-hydrogen) atoms. The van der Waals surface area contributed by atoms with Crippen LogP contribution in [0.3, 0.4) is 0 Å². The number of benzene rings is 2. The minimum atomic E-state index is -2.94. The van der Waals surface area contributed by atoms with Crippen LogP contribution in [0.2, 0.25) is 0 Å². The van der Waals surface area contributed by atoms with Crippen molar-refractivity contribution >= 4 is 21.8 Å². The van der Waals surface area contributed by atoms with Gasteiger partial charge in [-0.05, 0) is 48.4 Å². The van der Waals surface area contributed by atoms with Gasteiger partial charge >= 0.3 is 6.61 Å². The van der Waals surface area contributed by atoms with Gasteiger partial charge in [0, 0.05) is 11.0 Å². The van der Waals surface area contributed by atoms with Gasteiger partial charge in [-0.1, -0.05) is 22.0 Å². The molecule has 1 amide bonds. The molecule has 0 radical (unpaired) electrons. The van der Waals surface area contributed by atoms with E-state index in [4.69, 9.17) is 9.47 Å². The van der Waals surface area contributed by atoms with E-state index in [-0.39, 0.29) is 24.0 Å². The zero-order valence-corrected chi connectivity index (χ0v) is 15.6. The number of nitrogens with one attached hydrogen (secondary N) is 1. The molecule has 0 spiro atoms. The molecule has 0 fully saturated rings. The third kappa shape index (κ3) is 6.51. The number of carbonyl (C=O) groups is 1. The lowest BCUT2D eigenvalue weighted by Crippen LogP contribution is -2.30. The van der Waals surface area contributed by atoms with Gasteiger partial charge in [-0.15, -0.1) is 0 Å². The van der Waals surface area contributed by atoms with Gasteiger partial charge in [0.05, 0.1) is 7.11 Å². The number of alkyl halides is 2. The van der Waals surface area contributed by atoms with Gasteiger partial charge in [0.15, 0.2) is 18.1 Å². The predicted octanol–water partition coefficient (Wildman–Crippen LogP) is 3.80. The van der Waals surface area contributed by atoms with E-state index < -0.39 is 6.61 Å². The maximum absolute atomic E-state index is 12.4. The molecular formula is C18H18BrF2NO4. The Kier molecular flexibility index (Phi) is 7.65. The van der Waals surface area contributed by atoms with Crippen LogP contribution in [-0.2, 0) is 11.2 Å². The number of rotatable bonds is 9. The Morgan fingerprint density at radius 1 is 1.15 bits per heavy atom. The van der Waals surface area contributed by atoms with Gasteiger partial charge in [0.2, 0.25) is 0 Å². The first-order valence-corrected chi connectivity index (χ1v) is 8.54. The molecule has 2 aromatic carbocycles. The fraction of sp³-hybridized carbons (Fsp3) is 0.278. The van der Waals surface area contributed by atoms with Crippen molar-refractivity contribution in [3.63, 3.8) is 0 Å². The largest absolute Gasteiger partial charge is 0.493 e. The van der Waals surface area contributed by atoms with Crippen LogP contribution in [0.4, 0.5) is 8.78 Å². The number of hydrogen-bond acceptors (Lipinski definition) is 4. The minimum absolute atomic E-state index is 0.0371. The van der Waals surface area contributed by atoms with Gasteiger partial charge in [-0.25, -0.2) is 0 Å². The van der Waals surface area contributed by atoms with Gasteiger partial charge in [0.25, 0.3) is 5.91 Å². The molecule has 0 unspecified atom stereocenters. The lowest BCUT2D eigenvalue weighted by molar-refractivity contribution is -0.123. The fourth-order valence-corrected chi connectivity index (χ4v) is 2.41. The van der Waals surface area contributed by atoms with E-state index in [2.05, 4.69) is 26.0 Å². The van der Waals surface area contributed by atoms with Crippen LogP contribution in [0.25, 0.3) is 0 Å². The van der Waals surface area contributed by atoms with Crippen molar-refractivity contribution in [3.8, 4) is 17.2 Å². The molecule has 5 nitrogen and oxygen atoms in total. The van der Waals surface area contributed by atoms with Crippen molar-refractivity contribution in [2.24, 2.45) is 0 Å². The Hall–Kier alpha value is -2.35. The van der Waals surface area contributed by atoms with E-state index in [9.17, 15) is 13.6 Å². The molecule has 0 aliphatic rings. The summed E-state index contributed by atoms with van der Waals surface area (Å²) in [7, 11) is 1.37. The lowest BCUT2D eigenvalue weighted by Gasteiger charge is -2.12. The van der Waals surface area contributed by atoms with E-state index in [0.717, 1.165) is 10.0 Å². The van der Waals surface area contributed by atoms with Crippen molar-refractivity contribution in [2.45, 2.75) is 13.0 Å². The summed E-state index contributed by atoms with van der Waals surface area (Å²) < 4.78 is 40.5. The Labute approximate surface area is 158 Å². The number of carbonyl (C=O) groups excluding carboxylic acids is 1. The van der Waals surface area contributed by atoms with E-state index in [1.807, 2.05) is 12.1 Å². The van der Waals surface area contributed by atoms with Crippen LogP contribution >= 0.6 is 15.9 Å². The average molecular weight is 430 g/mol. The van der Waals surface area contributed by atoms with Crippen LogP contribution in [-0.4, -0.2) is 32.8 Å². The second-order valence-electron chi connectivity index (χ2n) is 5.21. The molecular weight excluding hydrogens is 412 g/mol. The third-order valence-electron chi connectivity index (χ3n) is 3.36. The topological polar surface area (TPSA) is 56.8 Å². The molecule has 0 heterocycles. The zero-order chi connectivity index (χ0) is 18.9. The van der Waals surface area contributed by atoms with E-state index >= 15 is 0 Å². The summed E-state index contributed by atoms with van der Waals surface area (Å²) in [4.78, 5) is 11.8. The molecule has 0 aliphatic carbocycles. The Balaban J connectivity index is 1.79. The molecule has 140 valence electrons. The van der Waals surface area contributed by atoms with Crippen molar-refractivity contribution < 1.29 is 27.8 Å². The molecule has 0 saturated carbocycles. The molecule has 0 bridgehead atoms. The number of hydrogen-bond donors (Lipinski definition) is 1. The summed E-state index contributed by atoms with van der Waals surface area (Å²) in [5, 5.41) is 2.71. The normalized spacial score (nSPS) is 10.5. The minimum Gasteiger partial charge on any atom is -0.493 e. The van der Waals surface area contributed by atoms with Gasteiger partial charge < -0.3 is 19.5 Å². The number of ether oxygens (including phenoxy) is 3. The quantitative estimate of drug-likeness (QED) is 0.658. The van der Waals surface area contributed by atoms with Crippen LogP contribution in [0.1, 0.15) is 5.56 Å². The molecule has 8 heteroatoms. The summed E-state index contributed by atoms with van der Waals surface area (Å²) in [6.07, 6.45) is 0.452. The average Bonchev–Trinajstić information content (AvgIpc) is 2.61. The monoisotopic (exact) mass is 429 g/mol. The van der Waals surface area contributed by atoms with E-state index in [1.165, 1.54) is 13.2 Å². The van der Waals surface area contributed by atoms with Crippen molar-refractivity contribution in [3.05, 3.63) is 52.5 Å². The predicted molar refractivity (Wildman–Crippen MR) is 96.0 cm³/mol. The van der Waals surface area contributed by atoms with Crippen LogP contribution < -0.4 is 19.5 Å². The summed E-state index contributed by atoms with van der Waals surface area (Å²) >= 11 is 3.32. The lowest BCUT2D eigenvalue weighted by atomic mass is 10.1. The molecule has 2 aromatic rings. The Bertz CT molecular complexity index is 726. The first kappa shape index (κ1) is 20.0. The Morgan fingerprint density at radius 3 is 2.54 bits per heavy atom. The highest BCUT2D eigenvalue weighted by Crippen LogP contribution is 2.29. The molecule has 1 N–H and O–H groups in total. The Morgan fingerprint density at radius 2 is 1.88 bits per heavy atom. The molecule has 2 rings (SSSR count). The molecule has 0 atom stereocenters. The van der Waals surface area contributed by atoms with E-state index in [1.54, 1.807) is 24.3 Å². The van der Waals surface area contributed by atoms with E-state index in [0.29, 0.717) is 18.7 Å². The maximum Gasteiger partial charge on any atom is 0.387 e. The number of methoxy groups -OCH3 is 1. The van der Waals surface area contributed by atoms with Crippen LogP contribution in [0, 0.1) is 0 Å². The highest BCUT2D eigenvalue weighted by molar-refractivity contribution is 9.10. The van der Waals surface area contributed by atoms with Gasteiger partial charge in [-0.3, -0.25) is 4.79 Å². The number of halogens is 3. The fourth-order valence-electron chi connectivity index (χ4n) is 2.14. The summed E-state index contributed by atoms with van der Waals surface area (Å²) in [5.74, 6) is 0.503. The smallest absolute Gasteiger partial charge is 0.387 e. The van der Waals surface area contributed by atoms with Crippen molar-refractivity contribution in [2.75, 3.05) is 20.3 Å². The van der Waals surface area contributed by atoms with Crippen LogP contribution in [0.5, 0.6) is 17.2 Å². The van der Waals surface area contributed by atoms with Crippen molar-refractivity contribution in [1.82, 2.24) is 5.32 Å².